The summed E-state index contributed by atoms with van der Waals surface area (Å²) in [6, 6.07) is 7.60. The van der Waals surface area contributed by atoms with Gasteiger partial charge in [-0.3, -0.25) is 4.90 Å². The van der Waals surface area contributed by atoms with Gasteiger partial charge in [0.15, 0.2) is 0 Å². The highest BCUT2D eigenvalue weighted by Gasteiger charge is 2.25. The molecule has 5 heteroatoms. The van der Waals surface area contributed by atoms with Crippen LogP contribution in [0.25, 0.3) is 0 Å². The Bertz CT molecular complexity index is 567. The molecule has 1 aromatic carbocycles. The van der Waals surface area contributed by atoms with E-state index in [0.29, 0.717) is 23.4 Å². The molecule has 1 saturated heterocycles. The van der Waals surface area contributed by atoms with Crippen molar-refractivity contribution in [3.8, 4) is 0 Å². The third-order valence-corrected chi connectivity index (χ3v) is 5.73. The fraction of sp³-hybridized carbons (Fsp3) is 0.647. The highest BCUT2D eigenvalue weighted by atomic mass is 32.2. The summed E-state index contributed by atoms with van der Waals surface area (Å²) in [7, 11) is -3.40. The lowest BCUT2D eigenvalue weighted by Gasteiger charge is -2.22. The molecule has 0 saturated carbocycles. The number of hydrogen-bond acceptors (Lipinski definition) is 3. The summed E-state index contributed by atoms with van der Waals surface area (Å²) >= 11 is 0. The Morgan fingerprint density at radius 1 is 1.27 bits per heavy atom. The van der Waals surface area contributed by atoms with Crippen LogP contribution in [0.15, 0.2) is 29.2 Å². The molecule has 4 nitrogen and oxygen atoms in total. The minimum atomic E-state index is -3.40. The number of benzene rings is 1. The summed E-state index contributed by atoms with van der Waals surface area (Å²) in [6.07, 6.45) is 3.20. The van der Waals surface area contributed by atoms with Crippen LogP contribution in [0.5, 0.6) is 0 Å². The topological polar surface area (TPSA) is 49.4 Å². The smallest absolute Gasteiger partial charge is 0.240 e. The van der Waals surface area contributed by atoms with Gasteiger partial charge in [-0.2, -0.15) is 0 Å². The van der Waals surface area contributed by atoms with Crippen LogP contribution in [-0.4, -0.2) is 39.0 Å². The van der Waals surface area contributed by atoms with E-state index in [2.05, 4.69) is 30.4 Å². The van der Waals surface area contributed by atoms with Crippen LogP contribution in [-0.2, 0) is 16.4 Å². The van der Waals surface area contributed by atoms with Crippen LogP contribution < -0.4 is 4.72 Å². The minimum absolute atomic E-state index is 0.333. The van der Waals surface area contributed by atoms with E-state index in [1.165, 1.54) is 5.56 Å². The first-order valence-corrected chi connectivity index (χ1v) is 9.73. The molecular weight excluding hydrogens is 296 g/mol. The Kier molecular flexibility index (Phi) is 6.01. The van der Waals surface area contributed by atoms with Gasteiger partial charge in [0.05, 0.1) is 4.90 Å². The van der Waals surface area contributed by atoms with Gasteiger partial charge in [-0.1, -0.05) is 32.9 Å². The molecule has 0 aromatic heterocycles. The number of hydrogen-bond donors (Lipinski definition) is 1. The van der Waals surface area contributed by atoms with Crippen molar-refractivity contribution in [1.29, 1.82) is 0 Å². The zero-order chi connectivity index (χ0) is 16.2. The van der Waals surface area contributed by atoms with Gasteiger partial charge in [0.25, 0.3) is 0 Å². The van der Waals surface area contributed by atoms with Gasteiger partial charge in [-0.15, -0.1) is 0 Å². The minimum Gasteiger partial charge on any atom is -0.299 e. The average Bonchev–Trinajstić information content (AvgIpc) is 2.92. The molecule has 0 spiro atoms. The van der Waals surface area contributed by atoms with Crippen molar-refractivity contribution in [1.82, 2.24) is 9.62 Å². The molecule has 1 aliphatic rings. The molecule has 0 bridgehead atoms. The Morgan fingerprint density at radius 2 is 1.95 bits per heavy atom. The summed E-state index contributed by atoms with van der Waals surface area (Å²) in [4.78, 5) is 2.70. The standard InChI is InChI=1S/C17H28N2O2S/c1-4-19-11-5-6-16(19)13-18-22(20,21)17-9-7-15(8-10-17)12-14(2)3/h7-10,14,16,18H,4-6,11-13H2,1-3H3/t16-/m1/s1. The SMILES string of the molecule is CCN1CCC[C@@H]1CNS(=O)(=O)c1ccc(CC(C)C)cc1. The predicted octanol–water partition coefficient (Wildman–Crippen LogP) is 2.65. The number of likely N-dealkylation sites (tertiary alicyclic amines) is 1. The van der Waals surface area contributed by atoms with Crippen molar-refractivity contribution in [2.45, 2.75) is 51.0 Å². The van der Waals surface area contributed by atoms with Crippen LogP contribution in [0, 0.1) is 5.92 Å². The van der Waals surface area contributed by atoms with Crippen molar-refractivity contribution in [3.05, 3.63) is 29.8 Å². The molecule has 1 aromatic rings. The lowest BCUT2D eigenvalue weighted by atomic mass is 10.0. The van der Waals surface area contributed by atoms with E-state index < -0.39 is 10.0 Å². The van der Waals surface area contributed by atoms with E-state index in [9.17, 15) is 8.42 Å². The zero-order valence-electron chi connectivity index (χ0n) is 13.9. The van der Waals surface area contributed by atoms with E-state index in [1.807, 2.05) is 12.1 Å². The Morgan fingerprint density at radius 3 is 2.55 bits per heavy atom. The van der Waals surface area contributed by atoms with Crippen LogP contribution in [0.4, 0.5) is 0 Å². The predicted molar refractivity (Wildman–Crippen MR) is 90.4 cm³/mol. The van der Waals surface area contributed by atoms with E-state index in [-0.39, 0.29) is 0 Å². The van der Waals surface area contributed by atoms with E-state index >= 15 is 0 Å². The zero-order valence-corrected chi connectivity index (χ0v) is 14.7. The third-order valence-electron chi connectivity index (χ3n) is 4.29. The molecule has 124 valence electrons. The van der Waals surface area contributed by atoms with E-state index in [0.717, 1.165) is 32.4 Å². The Balaban J connectivity index is 1.97. The largest absolute Gasteiger partial charge is 0.299 e. The molecular formula is C17H28N2O2S. The highest BCUT2D eigenvalue weighted by molar-refractivity contribution is 7.89. The first-order valence-electron chi connectivity index (χ1n) is 8.25. The lowest BCUT2D eigenvalue weighted by molar-refractivity contribution is 0.268. The van der Waals surface area contributed by atoms with Gasteiger partial charge < -0.3 is 0 Å². The fourth-order valence-corrected chi connectivity index (χ4v) is 4.18. The van der Waals surface area contributed by atoms with Gasteiger partial charge in [-0.25, -0.2) is 13.1 Å². The quantitative estimate of drug-likeness (QED) is 0.839. The van der Waals surface area contributed by atoms with Gasteiger partial charge >= 0.3 is 0 Å². The number of rotatable bonds is 7. The number of sulfonamides is 1. The van der Waals surface area contributed by atoms with Crippen LogP contribution in [0.2, 0.25) is 0 Å². The summed E-state index contributed by atoms with van der Waals surface area (Å²) in [6.45, 7) is 9.01. The van der Waals surface area contributed by atoms with Crippen molar-refractivity contribution in [2.24, 2.45) is 5.92 Å². The lowest BCUT2D eigenvalue weighted by Crippen LogP contribution is -2.39. The van der Waals surface area contributed by atoms with E-state index in [4.69, 9.17) is 0 Å². The molecule has 0 aliphatic carbocycles. The van der Waals surface area contributed by atoms with Crippen LogP contribution in [0.3, 0.4) is 0 Å². The first kappa shape index (κ1) is 17.4. The second-order valence-corrected chi connectivity index (χ2v) is 8.29. The van der Waals surface area contributed by atoms with Gasteiger partial charge in [0, 0.05) is 12.6 Å². The Hall–Kier alpha value is -0.910. The Labute approximate surface area is 135 Å². The summed E-state index contributed by atoms with van der Waals surface area (Å²) < 4.78 is 27.5. The number of likely N-dealkylation sites (N-methyl/N-ethyl adjacent to an activating group) is 1. The summed E-state index contributed by atoms with van der Waals surface area (Å²) in [5.74, 6) is 0.572. The molecule has 1 atom stereocenters. The third kappa shape index (κ3) is 4.54. The molecule has 1 heterocycles. The van der Waals surface area contributed by atoms with Crippen molar-refractivity contribution in [3.63, 3.8) is 0 Å². The van der Waals surface area contributed by atoms with Gasteiger partial charge in [-0.05, 0) is 56.0 Å². The fourth-order valence-electron chi connectivity index (χ4n) is 3.11. The average molecular weight is 324 g/mol. The molecule has 1 aliphatic heterocycles. The van der Waals surface area contributed by atoms with Crippen molar-refractivity contribution >= 4 is 10.0 Å². The summed E-state index contributed by atoms with van der Waals surface area (Å²) in [5.41, 5.74) is 1.18. The maximum absolute atomic E-state index is 12.4. The molecule has 0 amide bonds. The van der Waals surface area contributed by atoms with Crippen molar-refractivity contribution in [2.75, 3.05) is 19.6 Å². The summed E-state index contributed by atoms with van der Waals surface area (Å²) in [5, 5.41) is 0. The maximum Gasteiger partial charge on any atom is 0.240 e. The molecule has 1 N–H and O–H groups in total. The molecule has 0 unspecified atom stereocenters. The number of nitrogens with one attached hydrogen (secondary N) is 1. The van der Waals surface area contributed by atoms with Gasteiger partial charge in [0.2, 0.25) is 10.0 Å². The van der Waals surface area contributed by atoms with Crippen molar-refractivity contribution < 1.29 is 8.42 Å². The highest BCUT2D eigenvalue weighted by Crippen LogP contribution is 2.17. The molecule has 0 radical (unpaired) electrons. The van der Waals surface area contributed by atoms with Crippen LogP contribution in [0.1, 0.15) is 39.2 Å². The molecule has 22 heavy (non-hydrogen) atoms. The molecule has 1 fully saturated rings. The van der Waals surface area contributed by atoms with E-state index in [1.54, 1.807) is 12.1 Å². The van der Waals surface area contributed by atoms with Gasteiger partial charge in [0.1, 0.15) is 0 Å². The second kappa shape index (κ2) is 7.57. The second-order valence-electron chi connectivity index (χ2n) is 6.52. The first-order chi connectivity index (χ1) is 10.4. The normalized spacial score (nSPS) is 19.9. The molecule has 2 rings (SSSR count). The number of nitrogens with zero attached hydrogens (tertiary/aromatic N) is 1. The monoisotopic (exact) mass is 324 g/mol. The maximum atomic E-state index is 12.4. The van der Waals surface area contributed by atoms with Crippen LogP contribution >= 0.6 is 0 Å².